The molecule has 0 bridgehead atoms. The predicted molar refractivity (Wildman–Crippen MR) is 81.5 cm³/mol. The Kier molecular flexibility index (Phi) is 6.69. The Morgan fingerprint density at radius 1 is 1.14 bits per heavy atom. The maximum absolute atomic E-state index is 11.7. The Morgan fingerprint density at radius 3 is 2.33 bits per heavy atom. The van der Waals surface area contributed by atoms with Crippen LogP contribution in [0.1, 0.15) is 39.2 Å². The Labute approximate surface area is 130 Å². The summed E-state index contributed by atoms with van der Waals surface area (Å²) in [5.41, 5.74) is 0.826. The molecule has 1 rings (SSSR count). The van der Waals surface area contributed by atoms with Crippen LogP contribution in [0, 0.1) is 12.8 Å². The van der Waals surface area contributed by atoms with E-state index in [0.29, 0.717) is 10.8 Å². The van der Waals surface area contributed by atoms with Gasteiger partial charge in [-0.3, -0.25) is 9.59 Å². The lowest BCUT2D eigenvalue weighted by Gasteiger charge is -2.16. The minimum Gasteiger partial charge on any atom is -0.462 e. The van der Waals surface area contributed by atoms with Crippen LogP contribution in [0.15, 0.2) is 18.2 Å². The minimum absolute atomic E-state index is 0.00861. The molecule has 1 aromatic rings. The molecule has 0 fully saturated rings. The van der Waals surface area contributed by atoms with E-state index >= 15 is 0 Å². The number of benzene rings is 1. The molecule has 0 aliphatic carbocycles. The summed E-state index contributed by atoms with van der Waals surface area (Å²) in [4.78, 5) is 23.2. The maximum Gasteiger partial charge on any atom is 0.311 e. The van der Waals surface area contributed by atoms with Crippen molar-refractivity contribution in [2.24, 2.45) is 5.92 Å². The van der Waals surface area contributed by atoms with Crippen LogP contribution in [-0.2, 0) is 14.3 Å². The molecule has 1 atom stereocenters. The predicted octanol–water partition coefficient (Wildman–Crippen LogP) is 3.92. The molecule has 0 amide bonds. The second-order valence-corrected chi connectivity index (χ2v) is 5.73. The number of hydrogen-bond donors (Lipinski definition) is 0. The first-order chi connectivity index (χ1) is 9.79. The third-order valence-electron chi connectivity index (χ3n) is 3.15. The monoisotopic (exact) mass is 312 g/mol. The maximum atomic E-state index is 11.7. The summed E-state index contributed by atoms with van der Waals surface area (Å²) in [5.74, 6) is -0.185. The molecule has 0 radical (unpaired) electrons. The van der Waals surface area contributed by atoms with Gasteiger partial charge in [0.15, 0.2) is 0 Å². The van der Waals surface area contributed by atoms with E-state index in [4.69, 9.17) is 21.1 Å². The van der Waals surface area contributed by atoms with Gasteiger partial charge in [0.2, 0.25) is 0 Å². The summed E-state index contributed by atoms with van der Waals surface area (Å²) >= 11 is 5.89. The molecule has 0 N–H and O–H groups in total. The lowest BCUT2D eigenvalue weighted by atomic mass is 10.1. The van der Waals surface area contributed by atoms with Crippen LogP contribution < -0.4 is 4.74 Å². The smallest absolute Gasteiger partial charge is 0.311 e. The average Bonchev–Trinajstić information content (AvgIpc) is 2.40. The number of carbonyl (C=O) groups excluding carboxylic acids is 2. The number of carbonyl (C=O) groups is 2. The fourth-order valence-corrected chi connectivity index (χ4v) is 1.59. The zero-order valence-corrected chi connectivity index (χ0v) is 13.6. The highest BCUT2D eigenvalue weighted by Gasteiger charge is 2.15. The molecule has 5 heteroatoms. The van der Waals surface area contributed by atoms with Crippen LogP contribution in [0.5, 0.6) is 5.75 Å². The van der Waals surface area contributed by atoms with Gasteiger partial charge < -0.3 is 9.47 Å². The molecular weight excluding hydrogens is 292 g/mol. The second-order valence-electron chi connectivity index (χ2n) is 5.32. The first-order valence-corrected chi connectivity index (χ1v) is 7.33. The summed E-state index contributed by atoms with van der Waals surface area (Å²) in [6.45, 7) is 7.59. The van der Waals surface area contributed by atoms with Crippen LogP contribution in [0.4, 0.5) is 0 Å². The number of ether oxygens (including phenoxy) is 2. The van der Waals surface area contributed by atoms with E-state index in [9.17, 15) is 9.59 Å². The number of rotatable bonds is 6. The average molecular weight is 313 g/mol. The summed E-state index contributed by atoms with van der Waals surface area (Å²) < 4.78 is 10.3. The number of halogens is 1. The van der Waals surface area contributed by atoms with Gasteiger partial charge in [0, 0.05) is 5.02 Å². The van der Waals surface area contributed by atoms with Crippen molar-refractivity contribution in [3.8, 4) is 5.75 Å². The molecule has 4 nitrogen and oxygen atoms in total. The molecule has 1 unspecified atom stereocenters. The topological polar surface area (TPSA) is 52.6 Å². The molecule has 1 aromatic carbocycles. The standard InChI is InChI=1S/C16H21ClO4/c1-10(2)12(4)20-15(18)7-8-16(19)21-13-5-6-14(17)11(3)9-13/h5-6,9-10,12H,7-8H2,1-4H3. The van der Waals surface area contributed by atoms with E-state index in [2.05, 4.69) is 0 Å². The Bertz CT molecular complexity index is 511. The molecule has 0 aliphatic heterocycles. The summed E-state index contributed by atoms with van der Waals surface area (Å²) in [7, 11) is 0. The van der Waals surface area contributed by atoms with Crippen LogP contribution in [0.3, 0.4) is 0 Å². The van der Waals surface area contributed by atoms with Crippen molar-refractivity contribution in [2.45, 2.75) is 46.6 Å². The third kappa shape index (κ3) is 6.17. The Balaban J connectivity index is 2.40. The molecular formula is C16H21ClO4. The van der Waals surface area contributed by atoms with Crippen LogP contribution in [-0.4, -0.2) is 18.0 Å². The molecule has 0 spiro atoms. The molecule has 0 aromatic heterocycles. The van der Waals surface area contributed by atoms with Crippen molar-refractivity contribution in [2.75, 3.05) is 0 Å². The van der Waals surface area contributed by atoms with Crippen molar-refractivity contribution < 1.29 is 19.1 Å². The third-order valence-corrected chi connectivity index (χ3v) is 3.57. The van der Waals surface area contributed by atoms with Gasteiger partial charge in [-0.2, -0.15) is 0 Å². The molecule has 0 heterocycles. The van der Waals surface area contributed by atoms with Crippen molar-refractivity contribution in [3.05, 3.63) is 28.8 Å². The number of hydrogen-bond acceptors (Lipinski definition) is 4. The van der Waals surface area contributed by atoms with Gasteiger partial charge in [0.1, 0.15) is 11.9 Å². The number of aryl methyl sites for hydroxylation is 1. The lowest BCUT2D eigenvalue weighted by molar-refractivity contribution is -0.152. The van der Waals surface area contributed by atoms with Gasteiger partial charge in [-0.25, -0.2) is 0 Å². The SMILES string of the molecule is Cc1cc(OC(=O)CCC(=O)OC(C)C(C)C)ccc1Cl. The zero-order valence-electron chi connectivity index (χ0n) is 12.8. The van der Waals surface area contributed by atoms with Crippen LogP contribution in [0.2, 0.25) is 5.02 Å². The lowest BCUT2D eigenvalue weighted by Crippen LogP contribution is -2.21. The first-order valence-electron chi connectivity index (χ1n) is 6.96. The van der Waals surface area contributed by atoms with E-state index in [1.54, 1.807) is 18.2 Å². The molecule has 0 aliphatic rings. The molecule has 0 saturated carbocycles. The van der Waals surface area contributed by atoms with E-state index in [-0.39, 0.29) is 30.8 Å². The fraction of sp³-hybridized carbons (Fsp3) is 0.500. The van der Waals surface area contributed by atoms with Gasteiger partial charge in [0.05, 0.1) is 12.8 Å². The van der Waals surface area contributed by atoms with Crippen molar-refractivity contribution >= 4 is 23.5 Å². The van der Waals surface area contributed by atoms with E-state index < -0.39 is 5.97 Å². The largest absolute Gasteiger partial charge is 0.462 e. The van der Waals surface area contributed by atoms with Gasteiger partial charge in [-0.15, -0.1) is 0 Å². The molecule has 21 heavy (non-hydrogen) atoms. The van der Waals surface area contributed by atoms with E-state index in [1.165, 1.54) is 0 Å². The highest BCUT2D eigenvalue weighted by atomic mass is 35.5. The molecule has 116 valence electrons. The highest BCUT2D eigenvalue weighted by Crippen LogP contribution is 2.21. The number of esters is 2. The fourth-order valence-electron chi connectivity index (χ4n) is 1.47. The van der Waals surface area contributed by atoms with Gasteiger partial charge in [0.25, 0.3) is 0 Å². The summed E-state index contributed by atoms with van der Waals surface area (Å²) in [5, 5.41) is 0.612. The zero-order chi connectivity index (χ0) is 16.0. The van der Waals surface area contributed by atoms with E-state index in [0.717, 1.165) is 5.56 Å². The Morgan fingerprint density at radius 2 is 1.76 bits per heavy atom. The van der Waals surface area contributed by atoms with Crippen molar-refractivity contribution in [3.63, 3.8) is 0 Å². The second kappa shape index (κ2) is 8.03. The van der Waals surface area contributed by atoms with Crippen LogP contribution >= 0.6 is 11.6 Å². The first kappa shape index (κ1) is 17.5. The molecule has 0 saturated heterocycles. The van der Waals surface area contributed by atoms with Crippen molar-refractivity contribution in [1.29, 1.82) is 0 Å². The van der Waals surface area contributed by atoms with Gasteiger partial charge in [-0.05, 0) is 43.5 Å². The summed E-state index contributed by atoms with van der Waals surface area (Å²) in [6, 6.07) is 4.96. The summed E-state index contributed by atoms with van der Waals surface area (Å²) in [6.07, 6.45) is -0.152. The van der Waals surface area contributed by atoms with Gasteiger partial charge >= 0.3 is 11.9 Å². The normalized spacial score (nSPS) is 12.1. The highest BCUT2D eigenvalue weighted by molar-refractivity contribution is 6.31. The van der Waals surface area contributed by atoms with E-state index in [1.807, 2.05) is 27.7 Å². The van der Waals surface area contributed by atoms with Crippen LogP contribution in [0.25, 0.3) is 0 Å². The van der Waals surface area contributed by atoms with Gasteiger partial charge in [-0.1, -0.05) is 25.4 Å². The Hall–Kier alpha value is -1.55. The quantitative estimate of drug-likeness (QED) is 0.590. The van der Waals surface area contributed by atoms with Crippen molar-refractivity contribution in [1.82, 2.24) is 0 Å². The minimum atomic E-state index is -0.467.